The Morgan fingerprint density at radius 2 is 1.96 bits per heavy atom. The van der Waals surface area contributed by atoms with Crippen LogP contribution in [0.3, 0.4) is 0 Å². The summed E-state index contributed by atoms with van der Waals surface area (Å²) < 4.78 is 0. The average molecular weight is 315 g/mol. The molecule has 0 spiro atoms. The maximum atomic E-state index is 12.6. The van der Waals surface area contributed by atoms with E-state index in [0.29, 0.717) is 12.0 Å². The number of rotatable bonds is 3. The van der Waals surface area contributed by atoms with Gasteiger partial charge in [-0.05, 0) is 37.8 Å². The van der Waals surface area contributed by atoms with Gasteiger partial charge >= 0.3 is 0 Å². The Hall–Kier alpha value is -1.66. The standard InChI is InChI=1S/C17H25N5O/c23-17(16-13-5-1-2-6-14(13)20-21-16)19-12-7-8-15(18-11-12)22-9-3-4-10-22/h7-8,11,13-14,16,20-21H,1-6,9-10H2,(H,19,23). The largest absolute Gasteiger partial charge is 0.357 e. The van der Waals surface area contributed by atoms with Crippen molar-refractivity contribution in [1.29, 1.82) is 0 Å². The molecule has 3 atom stereocenters. The number of nitrogens with one attached hydrogen (secondary N) is 3. The van der Waals surface area contributed by atoms with Gasteiger partial charge in [-0.2, -0.15) is 0 Å². The fraction of sp³-hybridized carbons (Fsp3) is 0.647. The molecule has 4 rings (SSSR count). The van der Waals surface area contributed by atoms with Crippen molar-refractivity contribution in [3.63, 3.8) is 0 Å². The topological polar surface area (TPSA) is 69.3 Å². The van der Waals surface area contributed by atoms with E-state index in [-0.39, 0.29) is 11.9 Å². The zero-order valence-electron chi connectivity index (χ0n) is 13.4. The number of amides is 1. The van der Waals surface area contributed by atoms with Gasteiger partial charge < -0.3 is 10.2 Å². The molecule has 6 nitrogen and oxygen atoms in total. The van der Waals surface area contributed by atoms with Gasteiger partial charge in [-0.15, -0.1) is 0 Å². The van der Waals surface area contributed by atoms with Crippen molar-refractivity contribution in [2.24, 2.45) is 5.92 Å². The molecule has 6 heteroatoms. The van der Waals surface area contributed by atoms with E-state index in [1.165, 1.54) is 25.7 Å². The number of hydrogen-bond donors (Lipinski definition) is 3. The summed E-state index contributed by atoms with van der Waals surface area (Å²) in [6, 6.07) is 4.26. The molecule has 1 aliphatic carbocycles. The molecule has 23 heavy (non-hydrogen) atoms. The van der Waals surface area contributed by atoms with E-state index >= 15 is 0 Å². The highest BCUT2D eigenvalue weighted by Crippen LogP contribution is 2.30. The Labute approximate surface area is 137 Å². The van der Waals surface area contributed by atoms with Crippen molar-refractivity contribution in [2.75, 3.05) is 23.3 Å². The summed E-state index contributed by atoms with van der Waals surface area (Å²) >= 11 is 0. The zero-order valence-corrected chi connectivity index (χ0v) is 13.4. The number of fused-ring (bicyclic) bond motifs is 1. The molecule has 3 aliphatic rings. The Kier molecular flexibility index (Phi) is 4.18. The summed E-state index contributed by atoms with van der Waals surface area (Å²) in [6.45, 7) is 2.17. The van der Waals surface area contributed by atoms with Gasteiger partial charge in [0.25, 0.3) is 0 Å². The minimum atomic E-state index is -0.140. The summed E-state index contributed by atoms with van der Waals surface area (Å²) in [5.41, 5.74) is 7.25. The van der Waals surface area contributed by atoms with E-state index in [2.05, 4.69) is 26.1 Å². The van der Waals surface area contributed by atoms with Crippen molar-refractivity contribution >= 4 is 17.4 Å². The molecule has 0 radical (unpaired) electrons. The Balaban J connectivity index is 1.38. The summed E-state index contributed by atoms with van der Waals surface area (Å²) in [7, 11) is 0. The molecule has 1 aromatic rings. The Morgan fingerprint density at radius 1 is 1.13 bits per heavy atom. The van der Waals surface area contributed by atoms with Crippen molar-refractivity contribution < 1.29 is 4.79 Å². The average Bonchev–Trinajstić information content (AvgIpc) is 3.25. The lowest BCUT2D eigenvalue weighted by molar-refractivity contribution is -0.118. The van der Waals surface area contributed by atoms with Crippen LogP contribution < -0.4 is 21.1 Å². The van der Waals surface area contributed by atoms with Gasteiger partial charge in [0.2, 0.25) is 5.91 Å². The lowest BCUT2D eigenvalue weighted by Gasteiger charge is -2.26. The van der Waals surface area contributed by atoms with Gasteiger partial charge in [0, 0.05) is 25.0 Å². The molecule has 0 bridgehead atoms. The van der Waals surface area contributed by atoms with Crippen LogP contribution in [0.1, 0.15) is 38.5 Å². The van der Waals surface area contributed by atoms with E-state index in [1.807, 2.05) is 12.1 Å². The van der Waals surface area contributed by atoms with Crippen LogP contribution in [0, 0.1) is 5.92 Å². The van der Waals surface area contributed by atoms with E-state index in [9.17, 15) is 4.79 Å². The summed E-state index contributed by atoms with van der Waals surface area (Å²) in [4.78, 5) is 19.3. The lowest BCUT2D eigenvalue weighted by atomic mass is 9.81. The van der Waals surface area contributed by atoms with E-state index < -0.39 is 0 Å². The number of carbonyl (C=O) groups excluding carboxylic acids is 1. The van der Waals surface area contributed by atoms with Gasteiger partial charge in [0.1, 0.15) is 11.9 Å². The van der Waals surface area contributed by atoms with Crippen molar-refractivity contribution in [3.8, 4) is 0 Å². The SMILES string of the molecule is O=C(Nc1ccc(N2CCCC2)nc1)C1NNC2CCCCC21. The van der Waals surface area contributed by atoms with Crippen LogP contribution in [0.5, 0.6) is 0 Å². The molecule has 124 valence electrons. The van der Waals surface area contributed by atoms with Crippen LogP contribution in [0.25, 0.3) is 0 Å². The third-order valence-electron chi connectivity index (χ3n) is 5.40. The molecule has 3 heterocycles. The first-order chi connectivity index (χ1) is 11.3. The maximum absolute atomic E-state index is 12.6. The number of hydrazine groups is 1. The first kappa shape index (κ1) is 14.9. The number of nitrogens with zero attached hydrogens (tertiary/aromatic N) is 2. The van der Waals surface area contributed by atoms with Crippen LogP contribution in [0.15, 0.2) is 18.3 Å². The minimum absolute atomic E-state index is 0.0441. The normalized spacial score (nSPS) is 30.3. The first-order valence-corrected chi connectivity index (χ1v) is 8.84. The van der Waals surface area contributed by atoms with Crippen molar-refractivity contribution in [1.82, 2.24) is 15.8 Å². The van der Waals surface area contributed by atoms with E-state index in [0.717, 1.165) is 37.4 Å². The highest BCUT2D eigenvalue weighted by Gasteiger charge is 2.40. The Bertz CT molecular complexity index is 555. The van der Waals surface area contributed by atoms with Crippen LogP contribution in [-0.2, 0) is 4.79 Å². The highest BCUT2D eigenvalue weighted by atomic mass is 16.2. The number of carbonyl (C=O) groups is 1. The van der Waals surface area contributed by atoms with Gasteiger partial charge in [-0.3, -0.25) is 10.2 Å². The molecule has 3 unspecified atom stereocenters. The lowest BCUT2D eigenvalue weighted by Crippen LogP contribution is -2.42. The third-order valence-corrected chi connectivity index (χ3v) is 5.40. The second-order valence-corrected chi connectivity index (χ2v) is 6.91. The smallest absolute Gasteiger partial charge is 0.243 e. The van der Waals surface area contributed by atoms with Gasteiger partial charge in [-0.1, -0.05) is 12.8 Å². The molecule has 2 saturated heterocycles. The zero-order chi connectivity index (χ0) is 15.6. The molecule has 3 N–H and O–H groups in total. The van der Waals surface area contributed by atoms with Crippen LogP contribution in [0.2, 0.25) is 0 Å². The fourth-order valence-electron chi connectivity index (χ4n) is 4.11. The number of hydrogen-bond acceptors (Lipinski definition) is 5. The molecule has 3 fully saturated rings. The predicted molar refractivity (Wildman–Crippen MR) is 90.1 cm³/mol. The molecular weight excluding hydrogens is 290 g/mol. The molecule has 2 aliphatic heterocycles. The van der Waals surface area contributed by atoms with E-state index in [1.54, 1.807) is 6.20 Å². The predicted octanol–water partition coefficient (Wildman–Crippen LogP) is 1.66. The third kappa shape index (κ3) is 3.05. The van der Waals surface area contributed by atoms with E-state index in [4.69, 9.17) is 0 Å². The summed E-state index contributed by atoms with van der Waals surface area (Å²) in [5, 5.41) is 3.01. The summed E-state index contributed by atoms with van der Waals surface area (Å²) in [5.74, 6) is 1.46. The summed E-state index contributed by atoms with van der Waals surface area (Å²) in [6.07, 6.45) is 9.01. The number of aromatic nitrogens is 1. The first-order valence-electron chi connectivity index (χ1n) is 8.84. The van der Waals surface area contributed by atoms with Crippen LogP contribution >= 0.6 is 0 Å². The molecule has 0 aromatic carbocycles. The fourth-order valence-corrected chi connectivity index (χ4v) is 4.11. The van der Waals surface area contributed by atoms with Gasteiger partial charge in [-0.25, -0.2) is 10.4 Å². The molecule has 1 aromatic heterocycles. The second kappa shape index (κ2) is 6.45. The number of pyridine rings is 1. The number of anilines is 2. The molecule has 1 saturated carbocycles. The monoisotopic (exact) mass is 315 g/mol. The Morgan fingerprint density at radius 3 is 2.74 bits per heavy atom. The van der Waals surface area contributed by atoms with Crippen molar-refractivity contribution in [3.05, 3.63) is 18.3 Å². The second-order valence-electron chi connectivity index (χ2n) is 6.91. The van der Waals surface area contributed by atoms with Gasteiger partial charge in [0.05, 0.1) is 11.9 Å². The van der Waals surface area contributed by atoms with Crippen molar-refractivity contribution in [2.45, 2.75) is 50.6 Å². The van der Waals surface area contributed by atoms with Crippen LogP contribution in [-0.4, -0.2) is 36.1 Å². The highest BCUT2D eigenvalue weighted by molar-refractivity contribution is 5.95. The maximum Gasteiger partial charge on any atom is 0.243 e. The van der Waals surface area contributed by atoms with Gasteiger partial charge in [0.15, 0.2) is 0 Å². The quantitative estimate of drug-likeness (QED) is 0.791. The minimum Gasteiger partial charge on any atom is -0.357 e. The molecule has 1 amide bonds. The molecular formula is C17H25N5O. The van der Waals surface area contributed by atoms with Crippen LogP contribution in [0.4, 0.5) is 11.5 Å².